The number of aryl methyl sites for hydroxylation is 1. The molecule has 0 N–H and O–H groups in total. The number of alkyl halides is 1. The third-order valence-corrected chi connectivity index (χ3v) is 8.44. The van der Waals surface area contributed by atoms with Gasteiger partial charge in [0.05, 0.1) is 10.3 Å². The van der Waals surface area contributed by atoms with E-state index >= 15 is 0 Å². The Balaban J connectivity index is 1.67. The molecule has 2 aliphatic rings. The van der Waals surface area contributed by atoms with Crippen molar-refractivity contribution in [2.75, 3.05) is 13.1 Å². The third kappa shape index (κ3) is 4.56. The van der Waals surface area contributed by atoms with Gasteiger partial charge in [-0.15, -0.1) is 11.6 Å². The van der Waals surface area contributed by atoms with Crippen LogP contribution in [-0.4, -0.2) is 25.8 Å². The molecule has 4 rings (SSSR count). The van der Waals surface area contributed by atoms with Crippen molar-refractivity contribution in [2.24, 2.45) is 5.92 Å². The lowest BCUT2D eigenvalue weighted by molar-refractivity contribution is 0.453. The average molecular weight is 442 g/mol. The predicted octanol–water partition coefficient (Wildman–Crippen LogP) is 6.02. The smallest absolute Gasteiger partial charge is 0.207 e. The molecule has 5 heteroatoms. The summed E-state index contributed by atoms with van der Waals surface area (Å²) in [6.45, 7) is 2.76. The maximum Gasteiger partial charge on any atom is 0.243 e. The van der Waals surface area contributed by atoms with E-state index in [1.807, 2.05) is 49.4 Å². The van der Waals surface area contributed by atoms with Crippen LogP contribution in [0.3, 0.4) is 0 Å². The first-order valence-electron chi connectivity index (χ1n) is 10.6. The van der Waals surface area contributed by atoms with Gasteiger partial charge in [-0.1, -0.05) is 65.8 Å². The van der Waals surface area contributed by atoms with Crippen LogP contribution in [0.4, 0.5) is 0 Å². The Labute approximate surface area is 185 Å². The Kier molecular flexibility index (Phi) is 6.47. The number of nitrogens with zero attached hydrogens (tertiary/aromatic N) is 1. The molecule has 1 saturated heterocycles. The topological polar surface area (TPSA) is 37.4 Å². The van der Waals surface area contributed by atoms with Crippen LogP contribution >= 0.6 is 11.6 Å². The normalized spacial score (nSPS) is 22.8. The summed E-state index contributed by atoms with van der Waals surface area (Å²) in [4.78, 5) is 0.343. The number of halogens is 1. The number of hydrogen-bond acceptors (Lipinski definition) is 2. The van der Waals surface area contributed by atoms with Gasteiger partial charge in [-0.05, 0) is 55.9 Å². The Morgan fingerprint density at radius 3 is 2.47 bits per heavy atom. The minimum absolute atomic E-state index is 0.0443. The standard InChI is InChI=1S/C25H28ClNO2S/c1-19-12-14-23(15-13-19)30(28,29)27-17-22(16-20-8-4-2-5-9-20)24(18-27)25(26)21-10-6-3-7-11-21/h3,6-8,10-16,24-25H,2,4-5,9,17-18H2,1H3/b22-16-/t24-,25+/m1/s1. The highest BCUT2D eigenvalue weighted by Gasteiger charge is 2.39. The van der Waals surface area contributed by atoms with E-state index in [0.29, 0.717) is 18.0 Å². The maximum atomic E-state index is 13.3. The van der Waals surface area contributed by atoms with Crippen LogP contribution in [0.25, 0.3) is 0 Å². The number of allylic oxidation sites excluding steroid dienone is 3. The highest BCUT2D eigenvalue weighted by atomic mass is 35.5. The van der Waals surface area contributed by atoms with E-state index < -0.39 is 10.0 Å². The first kappa shape index (κ1) is 21.4. The number of rotatable bonds is 5. The van der Waals surface area contributed by atoms with Crippen molar-refractivity contribution < 1.29 is 8.42 Å². The van der Waals surface area contributed by atoms with Crippen LogP contribution in [0.1, 0.15) is 42.2 Å². The van der Waals surface area contributed by atoms with E-state index in [-0.39, 0.29) is 11.3 Å². The first-order valence-corrected chi connectivity index (χ1v) is 12.5. The number of sulfonamides is 1. The molecule has 30 heavy (non-hydrogen) atoms. The molecule has 0 amide bonds. The molecule has 1 fully saturated rings. The van der Waals surface area contributed by atoms with E-state index in [2.05, 4.69) is 12.2 Å². The summed E-state index contributed by atoms with van der Waals surface area (Å²) in [5.74, 6) is -0.0443. The molecule has 0 radical (unpaired) electrons. The van der Waals surface area contributed by atoms with Crippen LogP contribution in [-0.2, 0) is 10.0 Å². The molecule has 0 aromatic heterocycles. The second-order valence-electron chi connectivity index (χ2n) is 8.27. The summed E-state index contributed by atoms with van der Waals surface area (Å²) >= 11 is 6.93. The molecule has 3 nitrogen and oxygen atoms in total. The van der Waals surface area contributed by atoms with Crippen LogP contribution < -0.4 is 0 Å². The van der Waals surface area contributed by atoms with Gasteiger partial charge in [-0.25, -0.2) is 8.42 Å². The summed E-state index contributed by atoms with van der Waals surface area (Å²) < 4.78 is 28.3. The van der Waals surface area contributed by atoms with Crippen molar-refractivity contribution in [3.8, 4) is 0 Å². The second-order valence-corrected chi connectivity index (χ2v) is 10.7. The molecule has 2 aromatic rings. The molecule has 2 atom stereocenters. The molecule has 158 valence electrons. The lowest BCUT2D eigenvalue weighted by atomic mass is 9.90. The maximum absolute atomic E-state index is 13.3. The zero-order chi connectivity index (χ0) is 21.1. The molecule has 2 aromatic carbocycles. The van der Waals surface area contributed by atoms with E-state index in [1.54, 1.807) is 16.4 Å². The van der Waals surface area contributed by atoms with Crippen molar-refractivity contribution in [3.05, 3.63) is 89.0 Å². The van der Waals surface area contributed by atoms with E-state index in [4.69, 9.17) is 11.6 Å². The van der Waals surface area contributed by atoms with Gasteiger partial charge >= 0.3 is 0 Å². The van der Waals surface area contributed by atoms with Crippen molar-refractivity contribution in [3.63, 3.8) is 0 Å². The van der Waals surface area contributed by atoms with E-state index in [1.165, 1.54) is 18.4 Å². The van der Waals surface area contributed by atoms with Crippen molar-refractivity contribution in [2.45, 2.75) is 42.9 Å². The van der Waals surface area contributed by atoms with Gasteiger partial charge in [0.2, 0.25) is 10.0 Å². The Morgan fingerprint density at radius 2 is 1.80 bits per heavy atom. The molecule has 1 aliphatic carbocycles. The highest BCUT2D eigenvalue weighted by molar-refractivity contribution is 7.89. The van der Waals surface area contributed by atoms with Crippen molar-refractivity contribution in [1.29, 1.82) is 0 Å². The largest absolute Gasteiger partial charge is 0.243 e. The van der Waals surface area contributed by atoms with Gasteiger partial charge < -0.3 is 0 Å². The van der Waals surface area contributed by atoms with Crippen molar-refractivity contribution in [1.82, 2.24) is 4.31 Å². The Bertz CT molecular complexity index is 1040. The SMILES string of the molecule is Cc1ccc(S(=O)(=O)N2C/C(=C/C3=CCCCC3)[C@H]([C@@H](Cl)c3ccccc3)C2)cc1. The van der Waals surface area contributed by atoms with E-state index in [0.717, 1.165) is 29.5 Å². The third-order valence-electron chi connectivity index (χ3n) is 6.06. The highest BCUT2D eigenvalue weighted by Crippen LogP contribution is 2.41. The Hall–Kier alpha value is -1.88. The fraction of sp³-hybridized carbons (Fsp3) is 0.360. The fourth-order valence-corrected chi connectivity index (χ4v) is 6.14. The van der Waals surface area contributed by atoms with Crippen LogP contribution in [0.15, 0.2) is 82.8 Å². The minimum atomic E-state index is -3.56. The molecule has 0 saturated carbocycles. The fourth-order valence-electron chi connectivity index (χ4n) is 4.30. The summed E-state index contributed by atoms with van der Waals surface area (Å²) in [7, 11) is -3.56. The van der Waals surface area contributed by atoms with Gasteiger partial charge in [-0.3, -0.25) is 0 Å². The van der Waals surface area contributed by atoms with E-state index in [9.17, 15) is 8.42 Å². The zero-order valence-electron chi connectivity index (χ0n) is 17.3. The number of benzene rings is 2. The van der Waals surface area contributed by atoms with Gasteiger partial charge in [0.25, 0.3) is 0 Å². The van der Waals surface area contributed by atoms with Crippen molar-refractivity contribution >= 4 is 21.6 Å². The minimum Gasteiger partial charge on any atom is -0.207 e. The van der Waals surface area contributed by atoms with Gasteiger partial charge in [-0.2, -0.15) is 4.31 Å². The number of hydrogen-bond donors (Lipinski definition) is 0. The van der Waals surface area contributed by atoms with Crippen LogP contribution in [0.2, 0.25) is 0 Å². The first-order chi connectivity index (χ1) is 14.4. The summed E-state index contributed by atoms with van der Waals surface area (Å²) in [6.07, 6.45) is 9.07. The molecule has 0 spiro atoms. The zero-order valence-corrected chi connectivity index (χ0v) is 18.9. The average Bonchev–Trinajstić information content (AvgIpc) is 3.19. The molecular formula is C25H28ClNO2S. The lowest BCUT2D eigenvalue weighted by Gasteiger charge is -2.20. The summed E-state index contributed by atoms with van der Waals surface area (Å²) in [6, 6.07) is 17.1. The quantitative estimate of drug-likeness (QED) is 0.532. The predicted molar refractivity (Wildman–Crippen MR) is 123 cm³/mol. The molecule has 0 unspecified atom stereocenters. The van der Waals surface area contributed by atoms with Gasteiger partial charge in [0, 0.05) is 19.0 Å². The Morgan fingerprint density at radius 1 is 1.07 bits per heavy atom. The van der Waals surface area contributed by atoms with Crippen LogP contribution in [0.5, 0.6) is 0 Å². The molecule has 1 heterocycles. The van der Waals surface area contributed by atoms with Crippen LogP contribution in [0, 0.1) is 12.8 Å². The molecule has 0 bridgehead atoms. The molecule has 1 aliphatic heterocycles. The lowest BCUT2D eigenvalue weighted by Crippen LogP contribution is -2.29. The second kappa shape index (κ2) is 9.09. The van der Waals surface area contributed by atoms with Gasteiger partial charge in [0.1, 0.15) is 0 Å². The molecular weight excluding hydrogens is 414 g/mol. The van der Waals surface area contributed by atoms with Gasteiger partial charge in [0.15, 0.2) is 0 Å². The monoisotopic (exact) mass is 441 g/mol. The summed E-state index contributed by atoms with van der Waals surface area (Å²) in [5.41, 5.74) is 4.50. The summed E-state index contributed by atoms with van der Waals surface area (Å²) in [5, 5.41) is -0.264.